The number of aryl methyl sites for hydroxylation is 1. The van der Waals surface area contributed by atoms with E-state index in [9.17, 15) is 19.1 Å². The highest BCUT2D eigenvalue weighted by molar-refractivity contribution is 5.99. The number of benzene rings is 3. The Morgan fingerprint density at radius 2 is 1.59 bits per heavy atom. The van der Waals surface area contributed by atoms with Crippen molar-refractivity contribution in [3.8, 4) is 0 Å². The molecule has 6 nitrogen and oxygen atoms in total. The molecule has 39 heavy (non-hydrogen) atoms. The summed E-state index contributed by atoms with van der Waals surface area (Å²) in [5, 5.41) is 12.8. The van der Waals surface area contributed by atoms with Gasteiger partial charge < -0.3 is 20.3 Å². The van der Waals surface area contributed by atoms with Crippen molar-refractivity contribution in [2.75, 3.05) is 23.3 Å². The second-order valence-corrected chi connectivity index (χ2v) is 10.2. The average Bonchev–Trinajstić information content (AvgIpc) is 3.38. The monoisotopic (exact) mass is 525 g/mol. The molecule has 0 unspecified atom stereocenters. The van der Waals surface area contributed by atoms with Crippen LogP contribution in [0.15, 0.2) is 79.1 Å². The third-order valence-corrected chi connectivity index (χ3v) is 7.27. The first kappa shape index (κ1) is 26.4. The van der Waals surface area contributed by atoms with Crippen LogP contribution in [-0.4, -0.2) is 40.9 Å². The van der Waals surface area contributed by atoms with Gasteiger partial charge in [0.15, 0.2) is 11.6 Å². The number of ketones is 2. The highest BCUT2D eigenvalue weighted by atomic mass is 19.1. The molecule has 200 valence electrons. The number of Topliss-reactive ketones (excluding diaryl/α,β-unsaturated/α-hetero) is 2. The molecule has 3 aromatic carbocycles. The molecule has 1 aliphatic rings. The van der Waals surface area contributed by atoms with E-state index in [1.165, 1.54) is 6.07 Å². The second-order valence-electron chi connectivity index (χ2n) is 10.2. The summed E-state index contributed by atoms with van der Waals surface area (Å²) in [6, 6.07) is 19.8. The summed E-state index contributed by atoms with van der Waals surface area (Å²) >= 11 is 0. The van der Waals surface area contributed by atoms with Crippen LogP contribution in [0.4, 0.5) is 21.5 Å². The van der Waals surface area contributed by atoms with Gasteiger partial charge in [0.25, 0.3) is 0 Å². The molecular weight excluding hydrogens is 493 g/mol. The molecule has 1 aliphatic heterocycles. The number of hydrogen-bond donors (Lipinski definition) is 3. The van der Waals surface area contributed by atoms with Gasteiger partial charge in [-0.3, -0.25) is 9.59 Å². The topological polar surface area (TPSA) is 85.4 Å². The predicted octanol–water partition coefficient (Wildman–Crippen LogP) is 6.02. The zero-order valence-electron chi connectivity index (χ0n) is 21.9. The van der Waals surface area contributed by atoms with E-state index >= 15 is 0 Å². The molecular formula is C32H32FN3O3. The molecule has 1 fully saturated rings. The Morgan fingerprint density at radius 3 is 2.23 bits per heavy atom. The Balaban J connectivity index is 1.16. The Kier molecular flexibility index (Phi) is 7.89. The molecule has 0 radical (unpaired) electrons. The van der Waals surface area contributed by atoms with Crippen molar-refractivity contribution in [2.45, 2.75) is 38.7 Å². The Bertz CT molecular complexity index is 1450. The number of aromatic amines is 1. The van der Waals surface area contributed by atoms with Crippen molar-refractivity contribution in [2.24, 2.45) is 0 Å². The van der Waals surface area contributed by atoms with E-state index in [2.05, 4.69) is 15.2 Å². The number of carbonyl (C=O) groups is 2. The minimum atomic E-state index is -0.436. The van der Waals surface area contributed by atoms with E-state index in [0.29, 0.717) is 28.1 Å². The second kappa shape index (κ2) is 11.7. The lowest BCUT2D eigenvalue weighted by Gasteiger charge is -2.31. The molecule has 0 atom stereocenters. The third-order valence-electron chi connectivity index (χ3n) is 7.27. The number of aliphatic hydroxyl groups is 1. The van der Waals surface area contributed by atoms with Gasteiger partial charge in [0, 0.05) is 60.8 Å². The summed E-state index contributed by atoms with van der Waals surface area (Å²) in [6.45, 7) is 3.49. The van der Waals surface area contributed by atoms with Crippen molar-refractivity contribution in [3.05, 3.63) is 113 Å². The van der Waals surface area contributed by atoms with Crippen LogP contribution in [0, 0.1) is 12.7 Å². The maximum absolute atomic E-state index is 14.8. The minimum Gasteiger partial charge on any atom is -0.393 e. The van der Waals surface area contributed by atoms with Gasteiger partial charge >= 0.3 is 0 Å². The number of carbonyl (C=O) groups excluding carboxylic acids is 2. The SMILES string of the molecule is Cc1c[nH]cc1C(=O)Cc1ccc(Nc2ccc(CC(=O)c3ccc(N4CCC(O)CC4)cc3)cc2)c(F)c1. The van der Waals surface area contributed by atoms with Crippen LogP contribution in [-0.2, 0) is 12.8 Å². The third kappa shape index (κ3) is 6.44. The first-order valence-corrected chi connectivity index (χ1v) is 13.2. The van der Waals surface area contributed by atoms with Gasteiger partial charge in [0.05, 0.1) is 11.8 Å². The van der Waals surface area contributed by atoms with Gasteiger partial charge in [-0.05, 0) is 85.0 Å². The summed E-state index contributed by atoms with van der Waals surface area (Å²) in [4.78, 5) is 30.5. The van der Waals surface area contributed by atoms with Crippen LogP contribution in [0.25, 0.3) is 0 Å². The van der Waals surface area contributed by atoms with Crippen molar-refractivity contribution in [1.29, 1.82) is 0 Å². The standard InChI is InChI=1S/C32H32FN3O3/c1-21-19-34-20-28(21)32(39)18-23-4-11-30(29(33)16-23)35-25-7-2-22(3-8-25)17-31(38)24-5-9-26(10-6-24)36-14-12-27(37)13-15-36/h2-11,16,19-20,27,34-35,37H,12-15,17-18H2,1H3. The number of nitrogens with one attached hydrogen (secondary N) is 2. The number of aromatic nitrogens is 1. The molecule has 0 spiro atoms. The van der Waals surface area contributed by atoms with Crippen LogP contribution >= 0.6 is 0 Å². The summed E-state index contributed by atoms with van der Waals surface area (Å²) in [5.41, 5.74) is 5.71. The lowest BCUT2D eigenvalue weighted by Crippen LogP contribution is -2.35. The first-order valence-electron chi connectivity index (χ1n) is 13.2. The Hall–Kier alpha value is -4.23. The molecule has 0 aliphatic carbocycles. The fourth-order valence-corrected chi connectivity index (χ4v) is 4.92. The number of aliphatic hydroxyl groups excluding tert-OH is 1. The summed E-state index contributed by atoms with van der Waals surface area (Å²) < 4.78 is 14.8. The number of nitrogens with zero attached hydrogens (tertiary/aromatic N) is 1. The lowest BCUT2D eigenvalue weighted by molar-refractivity contribution is 0.0984. The van der Waals surface area contributed by atoms with Crippen molar-refractivity contribution < 1.29 is 19.1 Å². The number of hydrogen-bond acceptors (Lipinski definition) is 5. The number of anilines is 3. The van der Waals surface area contributed by atoms with Gasteiger partial charge in [-0.2, -0.15) is 0 Å². The zero-order chi connectivity index (χ0) is 27.4. The molecule has 0 bridgehead atoms. The minimum absolute atomic E-state index is 0.0299. The van der Waals surface area contributed by atoms with Crippen molar-refractivity contribution >= 4 is 28.6 Å². The molecule has 2 heterocycles. The van der Waals surface area contributed by atoms with E-state index in [-0.39, 0.29) is 30.5 Å². The van der Waals surface area contributed by atoms with E-state index in [4.69, 9.17) is 0 Å². The lowest BCUT2D eigenvalue weighted by atomic mass is 10.0. The number of halogens is 1. The molecule has 1 aromatic heterocycles. The van der Waals surface area contributed by atoms with Crippen LogP contribution in [0.3, 0.4) is 0 Å². The van der Waals surface area contributed by atoms with Crippen LogP contribution in [0.1, 0.15) is 50.2 Å². The van der Waals surface area contributed by atoms with Crippen LogP contribution < -0.4 is 10.2 Å². The molecule has 0 amide bonds. The molecule has 0 saturated carbocycles. The van der Waals surface area contributed by atoms with Gasteiger partial charge in [-0.1, -0.05) is 18.2 Å². The number of rotatable bonds is 9. The van der Waals surface area contributed by atoms with Crippen molar-refractivity contribution in [1.82, 2.24) is 4.98 Å². The van der Waals surface area contributed by atoms with Crippen LogP contribution in [0.5, 0.6) is 0 Å². The van der Waals surface area contributed by atoms with Gasteiger partial charge in [0.1, 0.15) is 5.82 Å². The Morgan fingerprint density at radius 1 is 0.923 bits per heavy atom. The summed E-state index contributed by atoms with van der Waals surface area (Å²) in [6.07, 6.45) is 5.14. The van der Waals surface area contributed by atoms with Gasteiger partial charge in [0.2, 0.25) is 0 Å². The van der Waals surface area contributed by atoms with Gasteiger partial charge in [-0.15, -0.1) is 0 Å². The maximum Gasteiger partial charge on any atom is 0.169 e. The average molecular weight is 526 g/mol. The Labute approximate surface area is 227 Å². The fourth-order valence-electron chi connectivity index (χ4n) is 4.92. The van der Waals surface area contributed by atoms with Gasteiger partial charge in [-0.25, -0.2) is 4.39 Å². The number of H-pyrrole nitrogens is 1. The molecule has 4 aromatic rings. The molecule has 7 heteroatoms. The van der Waals surface area contributed by atoms with E-state index < -0.39 is 5.82 Å². The zero-order valence-corrected chi connectivity index (χ0v) is 21.9. The maximum atomic E-state index is 14.8. The van der Waals surface area contributed by atoms with E-state index in [1.54, 1.807) is 24.5 Å². The normalized spacial score (nSPS) is 13.9. The number of piperidine rings is 1. The first-order chi connectivity index (χ1) is 18.9. The van der Waals surface area contributed by atoms with E-state index in [0.717, 1.165) is 42.7 Å². The smallest absolute Gasteiger partial charge is 0.169 e. The fraction of sp³-hybridized carbons (Fsp3) is 0.250. The van der Waals surface area contributed by atoms with E-state index in [1.807, 2.05) is 55.5 Å². The van der Waals surface area contributed by atoms with Crippen LogP contribution in [0.2, 0.25) is 0 Å². The summed E-state index contributed by atoms with van der Waals surface area (Å²) in [7, 11) is 0. The quantitative estimate of drug-likeness (QED) is 0.233. The molecule has 5 rings (SSSR count). The molecule has 3 N–H and O–H groups in total. The highest BCUT2D eigenvalue weighted by Crippen LogP contribution is 2.24. The highest BCUT2D eigenvalue weighted by Gasteiger charge is 2.18. The largest absolute Gasteiger partial charge is 0.393 e. The predicted molar refractivity (Wildman–Crippen MR) is 152 cm³/mol. The summed E-state index contributed by atoms with van der Waals surface area (Å²) in [5.74, 6) is -0.463. The van der Waals surface area contributed by atoms with Crippen molar-refractivity contribution in [3.63, 3.8) is 0 Å². The molecule has 1 saturated heterocycles.